The largest absolute Gasteiger partial charge is 0.459 e. The number of ether oxygens (including phenoxy) is 6. The molecular formula is C42H81N3O12. The lowest BCUT2D eigenvalue weighted by atomic mass is 9.75. The molecule has 3 saturated heterocycles. The van der Waals surface area contributed by atoms with Crippen LogP contribution in [0.1, 0.15) is 116 Å². The maximum Gasteiger partial charge on any atom is 0.311 e. The van der Waals surface area contributed by atoms with E-state index in [0.717, 1.165) is 0 Å². The minimum atomic E-state index is -1.80. The number of nitrogens with zero attached hydrogens (tertiary/aromatic N) is 1. The fraction of sp³-hybridized carbons (Fsp3) is 0.976. The number of nitrogens with one attached hydrogen (secondary N) is 2. The van der Waals surface area contributed by atoms with E-state index in [1.54, 1.807) is 41.5 Å². The van der Waals surface area contributed by atoms with Crippen molar-refractivity contribution in [2.75, 3.05) is 34.3 Å². The lowest BCUT2D eigenvalue weighted by molar-refractivity contribution is -0.336. The van der Waals surface area contributed by atoms with Crippen molar-refractivity contribution in [3.63, 3.8) is 0 Å². The van der Waals surface area contributed by atoms with E-state index >= 15 is 0 Å². The van der Waals surface area contributed by atoms with Gasteiger partial charge in [0.15, 0.2) is 12.6 Å². The number of carbonyl (C=O) groups is 1. The van der Waals surface area contributed by atoms with E-state index in [-0.39, 0.29) is 49.5 Å². The standard InChI is InChI=1S/C42H81N3O12/c1-17-30-41(13,50)34(47)23(2)21-43-24(3)19-39(11,49)35(57-37-32(46)29(45(14)15)18-25(4)53-37)26(5)33(27(6)36(48)55-30)56-31-20-40(12,52-16)42(51,28(7)54-31)22-44-38(8,9)10/h23-35,37,43-44,46-47,49-51H,17-22H2,1-16H3/t23-,24-,25-,26-,27-,28+,29+,30+,31+,32-,33-,34+,35-,37+,39-,40-,41-,42+/m1/s1. The van der Waals surface area contributed by atoms with Gasteiger partial charge in [0.2, 0.25) is 0 Å². The number of aliphatic hydroxyl groups excluding tert-OH is 2. The number of rotatable bonds is 9. The maximum atomic E-state index is 14.4. The number of carbonyl (C=O) groups excluding carboxylic acids is 1. The van der Waals surface area contributed by atoms with Gasteiger partial charge in [-0.1, -0.05) is 20.8 Å². The zero-order valence-corrected chi connectivity index (χ0v) is 37.9. The molecule has 0 aromatic heterocycles. The summed E-state index contributed by atoms with van der Waals surface area (Å²) in [6.45, 7) is 24.0. The number of β-amino-alcohol motifs (C(OH)–C–C–N with tert-alkyl or cyclic N) is 1. The van der Waals surface area contributed by atoms with Crippen molar-refractivity contribution in [3.05, 3.63) is 0 Å². The van der Waals surface area contributed by atoms with Gasteiger partial charge >= 0.3 is 5.97 Å². The van der Waals surface area contributed by atoms with Crippen molar-refractivity contribution in [1.82, 2.24) is 15.5 Å². The smallest absolute Gasteiger partial charge is 0.311 e. The van der Waals surface area contributed by atoms with E-state index in [1.165, 1.54) is 14.0 Å². The van der Waals surface area contributed by atoms with Gasteiger partial charge in [-0.3, -0.25) is 4.79 Å². The molecule has 15 heteroatoms. The third-order valence-corrected chi connectivity index (χ3v) is 13.1. The molecule has 0 aromatic carbocycles. The van der Waals surface area contributed by atoms with Crippen molar-refractivity contribution in [1.29, 1.82) is 0 Å². The number of cyclic esters (lactones) is 1. The fourth-order valence-electron chi connectivity index (χ4n) is 9.14. The predicted molar refractivity (Wildman–Crippen MR) is 216 cm³/mol. The van der Waals surface area contributed by atoms with Crippen LogP contribution >= 0.6 is 0 Å². The Morgan fingerprint density at radius 3 is 2.12 bits per heavy atom. The van der Waals surface area contributed by atoms with Crippen LogP contribution in [0.25, 0.3) is 0 Å². The molecule has 0 aromatic rings. The minimum absolute atomic E-state index is 0.0763. The summed E-state index contributed by atoms with van der Waals surface area (Å²) in [7, 11) is 5.30. The highest BCUT2D eigenvalue weighted by Gasteiger charge is 2.58. The molecule has 18 atom stereocenters. The van der Waals surface area contributed by atoms with Crippen LogP contribution < -0.4 is 10.6 Å². The van der Waals surface area contributed by atoms with Crippen LogP contribution in [0.3, 0.4) is 0 Å². The molecule has 0 aliphatic carbocycles. The zero-order valence-electron chi connectivity index (χ0n) is 37.9. The monoisotopic (exact) mass is 820 g/mol. The van der Waals surface area contributed by atoms with Crippen LogP contribution in [0.5, 0.6) is 0 Å². The summed E-state index contributed by atoms with van der Waals surface area (Å²) in [6.07, 6.45) is -7.70. The molecule has 3 aliphatic heterocycles. The number of esters is 1. The summed E-state index contributed by atoms with van der Waals surface area (Å²) >= 11 is 0. The lowest BCUT2D eigenvalue weighted by Crippen LogP contribution is -2.71. The second-order valence-corrected chi connectivity index (χ2v) is 19.6. The Labute approximate surface area is 342 Å². The molecular weight excluding hydrogens is 738 g/mol. The summed E-state index contributed by atoms with van der Waals surface area (Å²) in [4.78, 5) is 16.3. The Bertz CT molecular complexity index is 1280. The molecule has 0 radical (unpaired) electrons. The first-order valence-corrected chi connectivity index (χ1v) is 21.1. The number of methoxy groups -OCH3 is 1. The Morgan fingerprint density at radius 2 is 1.58 bits per heavy atom. The second kappa shape index (κ2) is 19.3. The molecule has 15 nitrogen and oxygen atoms in total. The Kier molecular flexibility index (Phi) is 17.1. The Morgan fingerprint density at radius 1 is 0.965 bits per heavy atom. The van der Waals surface area contributed by atoms with E-state index in [9.17, 15) is 30.3 Å². The van der Waals surface area contributed by atoms with Crippen LogP contribution in [0.4, 0.5) is 0 Å². The van der Waals surface area contributed by atoms with E-state index < -0.39 is 95.3 Å². The zero-order chi connectivity index (χ0) is 43.6. The third kappa shape index (κ3) is 11.7. The third-order valence-electron chi connectivity index (χ3n) is 13.1. The molecule has 3 rings (SSSR count). The van der Waals surface area contributed by atoms with Crippen molar-refractivity contribution in [2.45, 2.75) is 211 Å². The molecule has 3 fully saturated rings. The molecule has 0 spiro atoms. The highest BCUT2D eigenvalue weighted by Crippen LogP contribution is 2.43. The summed E-state index contributed by atoms with van der Waals surface area (Å²) in [5.41, 5.74) is -6.35. The van der Waals surface area contributed by atoms with E-state index in [4.69, 9.17) is 28.4 Å². The predicted octanol–water partition coefficient (Wildman–Crippen LogP) is 2.32. The van der Waals surface area contributed by atoms with Crippen molar-refractivity contribution >= 4 is 5.97 Å². The van der Waals surface area contributed by atoms with Crippen LogP contribution in [0.15, 0.2) is 0 Å². The molecule has 0 unspecified atom stereocenters. The summed E-state index contributed by atoms with van der Waals surface area (Å²) in [6, 6.07) is -0.598. The average Bonchev–Trinajstić information content (AvgIpc) is 3.11. The van der Waals surface area contributed by atoms with Crippen LogP contribution in [0.2, 0.25) is 0 Å². The van der Waals surface area contributed by atoms with Crippen molar-refractivity contribution in [3.8, 4) is 0 Å². The van der Waals surface area contributed by atoms with Gasteiger partial charge in [0.25, 0.3) is 0 Å². The molecule has 57 heavy (non-hydrogen) atoms. The SMILES string of the molecule is CC[C@@H]1OC(=O)[C@H](C)[C@H](O[C@H]2C[C@@](C)(OC)[C@](O)(CNC(C)(C)C)[C@H](C)O2)[C@@H](C)[C@@H](O[C@@H]2O[C@H](C)C[C@H](N(C)C)[C@H]2O)[C@](C)(O)C[C@@H](C)NC[C@@H](C)[C@H](O)[C@]1(C)O. The first kappa shape index (κ1) is 50.3. The average molecular weight is 820 g/mol. The molecule has 0 bridgehead atoms. The molecule has 7 N–H and O–H groups in total. The highest BCUT2D eigenvalue weighted by molar-refractivity contribution is 5.73. The van der Waals surface area contributed by atoms with Crippen LogP contribution in [-0.4, -0.2) is 166 Å². The molecule has 0 saturated carbocycles. The Hall–Kier alpha value is -1.05. The second-order valence-electron chi connectivity index (χ2n) is 19.6. The van der Waals surface area contributed by atoms with Gasteiger partial charge in [-0.2, -0.15) is 0 Å². The van der Waals surface area contributed by atoms with Crippen molar-refractivity contribution in [2.24, 2.45) is 17.8 Å². The van der Waals surface area contributed by atoms with Crippen molar-refractivity contribution < 1.29 is 58.7 Å². The molecule has 0 amide bonds. The first-order chi connectivity index (χ1) is 26.0. The first-order valence-electron chi connectivity index (χ1n) is 21.1. The van der Waals surface area contributed by atoms with Gasteiger partial charge in [-0.05, 0) is 109 Å². The Balaban J connectivity index is 2.17. The number of hydrogen-bond donors (Lipinski definition) is 7. The maximum absolute atomic E-state index is 14.4. The van der Waals surface area contributed by atoms with Gasteiger partial charge in [0.1, 0.15) is 29.0 Å². The number of aliphatic hydroxyl groups is 5. The van der Waals surface area contributed by atoms with E-state index in [2.05, 4.69) is 10.6 Å². The van der Waals surface area contributed by atoms with E-state index in [0.29, 0.717) is 13.0 Å². The van der Waals surface area contributed by atoms with Crippen LogP contribution in [-0.2, 0) is 33.2 Å². The van der Waals surface area contributed by atoms with Gasteiger partial charge in [-0.25, -0.2) is 0 Å². The van der Waals surface area contributed by atoms with Gasteiger partial charge < -0.3 is 69.5 Å². The molecule has 3 heterocycles. The van der Waals surface area contributed by atoms with E-state index in [1.807, 2.05) is 60.5 Å². The number of likely N-dealkylation sites (N-methyl/N-ethyl adjacent to an activating group) is 1. The van der Waals surface area contributed by atoms with Gasteiger partial charge in [0.05, 0.1) is 42.0 Å². The summed E-state index contributed by atoms with van der Waals surface area (Å²) in [5, 5.41) is 66.2. The highest BCUT2D eigenvalue weighted by atomic mass is 16.7. The van der Waals surface area contributed by atoms with Gasteiger partial charge in [0, 0.05) is 50.2 Å². The molecule has 336 valence electrons. The number of hydrogen-bond acceptors (Lipinski definition) is 15. The topological polar surface area (TPSA) is 201 Å². The lowest BCUT2D eigenvalue weighted by Gasteiger charge is -2.54. The summed E-state index contributed by atoms with van der Waals surface area (Å²) < 4.78 is 38.4. The quantitative estimate of drug-likeness (QED) is 0.167. The fourth-order valence-corrected chi connectivity index (χ4v) is 9.14. The normalized spacial score (nSPS) is 47.6. The van der Waals surface area contributed by atoms with Crippen LogP contribution in [0, 0.1) is 17.8 Å². The molecule has 3 aliphatic rings. The minimum Gasteiger partial charge on any atom is -0.459 e. The van der Waals surface area contributed by atoms with Gasteiger partial charge in [-0.15, -0.1) is 0 Å². The summed E-state index contributed by atoms with van der Waals surface area (Å²) in [5.74, 6) is -2.98.